The Bertz CT molecular complexity index is 558. The predicted molar refractivity (Wildman–Crippen MR) is 95.2 cm³/mol. The topological polar surface area (TPSA) is 50.7 Å². The molecule has 4 nitrogen and oxygen atoms in total. The van der Waals surface area contributed by atoms with Gasteiger partial charge in [0.15, 0.2) is 0 Å². The van der Waals surface area contributed by atoms with Crippen molar-refractivity contribution in [2.24, 2.45) is 11.3 Å². The minimum absolute atomic E-state index is 0.132. The molecule has 24 heavy (non-hydrogen) atoms. The zero-order valence-electron chi connectivity index (χ0n) is 15.3. The zero-order valence-corrected chi connectivity index (χ0v) is 15.3. The van der Waals surface area contributed by atoms with E-state index in [-0.39, 0.29) is 11.5 Å². The van der Waals surface area contributed by atoms with Crippen LogP contribution in [0.2, 0.25) is 0 Å². The second-order valence-electron chi connectivity index (χ2n) is 8.06. The van der Waals surface area contributed by atoms with E-state index in [1.54, 1.807) is 0 Å². The predicted octanol–water partition coefficient (Wildman–Crippen LogP) is 3.30. The summed E-state index contributed by atoms with van der Waals surface area (Å²) in [5.74, 6) is 1.39. The summed E-state index contributed by atoms with van der Waals surface area (Å²) in [6, 6.07) is 8.17. The van der Waals surface area contributed by atoms with Crippen LogP contribution < -0.4 is 10.1 Å². The van der Waals surface area contributed by atoms with Gasteiger partial charge in [0.1, 0.15) is 5.75 Å². The summed E-state index contributed by atoms with van der Waals surface area (Å²) in [5, 5.41) is 14.2. The molecule has 0 spiro atoms. The van der Waals surface area contributed by atoms with Crippen LogP contribution in [0.25, 0.3) is 0 Å². The van der Waals surface area contributed by atoms with Crippen LogP contribution in [0.4, 0.5) is 0 Å². The van der Waals surface area contributed by atoms with Crippen molar-refractivity contribution in [3.8, 4) is 5.75 Å². The lowest BCUT2D eigenvalue weighted by molar-refractivity contribution is -0.193. The maximum Gasteiger partial charge on any atom is 0.120 e. The Morgan fingerprint density at radius 2 is 2.17 bits per heavy atom. The number of ether oxygens (including phenoxy) is 2. The minimum Gasteiger partial charge on any atom is -0.491 e. The van der Waals surface area contributed by atoms with E-state index in [1.807, 2.05) is 38.1 Å². The Morgan fingerprint density at radius 3 is 2.92 bits per heavy atom. The standard InChI is InChI=1S/C20H31NO3/c1-13(2)24-15-8-5-7-14(11-15)17(22)12-21-18-16-9-6-10-23-19(16)20(18,3)4/h5,7-8,11,13,16-19,21-22H,6,9-10,12H2,1-4H3/t16-,17-,18-,19+/m1/s1. The molecule has 1 aliphatic carbocycles. The van der Waals surface area contributed by atoms with E-state index in [0.29, 0.717) is 24.6 Å². The van der Waals surface area contributed by atoms with Crippen molar-refractivity contribution in [3.05, 3.63) is 29.8 Å². The Kier molecular flexibility index (Phi) is 5.19. The van der Waals surface area contributed by atoms with Crippen LogP contribution in [-0.4, -0.2) is 36.5 Å². The molecule has 0 bridgehead atoms. The zero-order chi connectivity index (χ0) is 17.3. The van der Waals surface area contributed by atoms with Crippen LogP contribution in [0.15, 0.2) is 24.3 Å². The Hall–Kier alpha value is -1.10. The number of benzene rings is 1. The van der Waals surface area contributed by atoms with Gasteiger partial charge < -0.3 is 19.9 Å². The first-order valence-electron chi connectivity index (χ1n) is 9.19. The van der Waals surface area contributed by atoms with Crippen molar-refractivity contribution in [1.82, 2.24) is 5.32 Å². The Labute approximate surface area is 145 Å². The largest absolute Gasteiger partial charge is 0.491 e. The van der Waals surface area contributed by atoms with Gasteiger partial charge in [-0.05, 0) is 44.4 Å². The van der Waals surface area contributed by atoms with Gasteiger partial charge >= 0.3 is 0 Å². The van der Waals surface area contributed by atoms with Gasteiger partial charge in [-0.25, -0.2) is 0 Å². The molecule has 134 valence electrons. The monoisotopic (exact) mass is 333 g/mol. The number of hydrogen-bond donors (Lipinski definition) is 2. The highest BCUT2D eigenvalue weighted by Crippen LogP contribution is 2.51. The van der Waals surface area contributed by atoms with Gasteiger partial charge in [0.05, 0.1) is 18.3 Å². The first kappa shape index (κ1) is 17.7. The second kappa shape index (κ2) is 7.03. The highest BCUT2D eigenvalue weighted by Gasteiger charge is 2.57. The molecule has 1 aliphatic heterocycles. The van der Waals surface area contributed by atoms with E-state index in [1.165, 1.54) is 6.42 Å². The van der Waals surface area contributed by atoms with Gasteiger partial charge in [-0.15, -0.1) is 0 Å². The van der Waals surface area contributed by atoms with Crippen molar-refractivity contribution in [3.63, 3.8) is 0 Å². The first-order valence-corrected chi connectivity index (χ1v) is 9.19. The number of hydrogen-bond acceptors (Lipinski definition) is 4. The SMILES string of the molecule is CC(C)Oc1cccc([C@H](O)CN[C@@H]2[C@H]3CCCO[C@@H]3C2(C)C)c1. The van der Waals surface area contributed by atoms with E-state index >= 15 is 0 Å². The third-order valence-electron chi connectivity index (χ3n) is 5.48. The molecule has 0 unspecified atom stereocenters. The number of rotatable bonds is 6. The maximum absolute atomic E-state index is 10.6. The summed E-state index contributed by atoms with van der Waals surface area (Å²) in [5.41, 5.74) is 1.03. The van der Waals surface area contributed by atoms with Crippen molar-refractivity contribution in [2.45, 2.75) is 64.9 Å². The van der Waals surface area contributed by atoms with Crippen molar-refractivity contribution < 1.29 is 14.6 Å². The molecular weight excluding hydrogens is 302 g/mol. The summed E-state index contributed by atoms with van der Waals surface area (Å²) in [7, 11) is 0. The lowest BCUT2D eigenvalue weighted by atomic mass is 9.55. The van der Waals surface area contributed by atoms with Crippen LogP contribution in [0, 0.1) is 11.3 Å². The maximum atomic E-state index is 10.6. The molecule has 4 heteroatoms. The van der Waals surface area contributed by atoms with Crippen molar-refractivity contribution in [2.75, 3.05) is 13.2 Å². The summed E-state index contributed by atoms with van der Waals surface area (Å²) >= 11 is 0. The Morgan fingerprint density at radius 1 is 1.38 bits per heavy atom. The number of nitrogens with one attached hydrogen (secondary N) is 1. The highest BCUT2D eigenvalue weighted by molar-refractivity contribution is 5.30. The molecule has 1 saturated carbocycles. The number of aliphatic hydroxyl groups excluding tert-OH is 1. The van der Waals surface area contributed by atoms with E-state index in [4.69, 9.17) is 9.47 Å². The van der Waals surface area contributed by atoms with Gasteiger partial charge in [-0.1, -0.05) is 26.0 Å². The van der Waals surface area contributed by atoms with Crippen LogP contribution in [0.5, 0.6) is 5.75 Å². The molecule has 0 amide bonds. The van der Waals surface area contributed by atoms with Crippen molar-refractivity contribution in [1.29, 1.82) is 0 Å². The van der Waals surface area contributed by atoms with E-state index in [9.17, 15) is 5.11 Å². The van der Waals surface area contributed by atoms with Crippen LogP contribution >= 0.6 is 0 Å². The fraction of sp³-hybridized carbons (Fsp3) is 0.700. The minimum atomic E-state index is -0.528. The summed E-state index contributed by atoms with van der Waals surface area (Å²) < 4.78 is 11.7. The molecule has 0 aromatic heterocycles. The average molecular weight is 333 g/mol. The summed E-state index contributed by atoms with van der Waals surface area (Å²) in [6.45, 7) is 9.99. The normalized spacial score (nSPS) is 29.7. The van der Waals surface area contributed by atoms with Crippen LogP contribution in [0.1, 0.15) is 52.2 Å². The molecule has 0 radical (unpaired) electrons. The molecular formula is C20H31NO3. The lowest BCUT2D eigenvalue weighted by Gasteiger charge is -2.60. The molecule has 4 atom stereocenters. The summed E-state index contributed by atoms with van der Waals surface area (Å²) in [6.07, 6.45) is 2.34. The van der Waals surface area contributed by atoms with Crippen molar-refractivity contribution >= 4 is 0 Å². The quantitative estimate of drug-likeness (QED) is 0.839. The molecule has 2 aliphatic rings. The van der Waals surface area contributed by atoms with E-state index in [2.05, 4.69) is 19.2 Å². The van der Waals surface area contributed by atoms with E-state index in [0.717, 1.165) is 24.3 Å². The fourth-order valence-corrected chi connectivity index (χ4v) is 4.36. The van der Waals surface area contributed by atoms with Gasteiger partial charge in [0.25, 0.3) is 0 Å². The van der Waals surface area contributed by atoms with E-state index < -0.39 is 6.10 Å². The van der Waals surface area contributed by atoms with Gasteiger partial charge in [0.2, 0.25) is 0 Å². The average Bonchev–Trinajstić information content (AvgIpc) is 2.54. The van der Waals surface area contributed by atoms with Gasteiger partial charge in [-0.3, -0.25) is 0 Å². The molecule has 1 aromatic rings. The molecule has 3 rings (SSSR count). The lowest BCUT2D eigenvalue weighted by Crippen LogP contribution is -2.69. The van der Waals surface area contributed by atoms with Gasteiger partial charge in [0, 0.05) is 30.5 Å². The molecule has 1 saturated heterocycles. The Balaban J connectivity index is 1.58. The molecule has 2 N–H and O–H groups in total. The molecule has 2 fully saturated rings. The smallest absolute Gasteiger partial charge is 0.120 e. The first-order chi connectivity index (χ1) is 11.4. The third-order valence-corrected chi connectivity index (χ3v) is 5.48. The summed E-state index contributed by atoms with van der Waals surface area (Å²) in [4.78, 5) is 0. The second-order valence-corrected chi connectivity index (χ2v) is 8.06. The van der Waals surface area contributed by atoms with Gasteiger partial charge in [-0.2, -0.15) is 0 Å². The number of aliphatic hydroxyl groups is 1. The molecule has 1 aromatic carbocycles. The third kappa shape index (κ3) is 3.46. The highest BCUT2D eigenvalue weighted by atomic mass is 16.5. The molecule has 1 heterocycles. The van der Waals surface area contributed by atoms with Crippen LogP contribution in [0.3, 0.4) is 0 Å². The fourth-order valence-electron chi connectivity index (χ4n) is 4.36. The number of fused-ring (bicyclic) bond motifs is 1. The van der Waals surface area contributed by atoms with Crippen LogP contribution in [-0.2, 0) is 4.74 Å².